The van der Waals surface area contributed by atoms with Crippen LogP contribution in [0.5, 0.6) is 0 Å². The molecule has 0 amide bonds. The van der Waals surface area contributed by atoms with Crippen LogP contribution in [0.1, 0.15) is 24.7 Å². The summed E-state index contributed by atoms with van der Waals surface area (Å²) >= 11 is 0. The predicted molar refractivity (Wildman–Crippen MR) is 77.8 cm³/mol. The van der Waals surface area contributed by atoms with E-state index >= 15 is 0 Å². The van der Waals surface area contributed by atoms with Gasteiger partial charge in [-0.15, -0.1) is 0 Å². The van der Waals surface area contributed by atoms with Gasteiger partial charge in [-0.3, -0.25) is 9.58 Å². The number of nitrogens with zero attached hydrogens (tertiary/aromatic N) is 4. The monoisotopic (exact) mass is 283 g/mol. The molecular formula is C13H25N5O2. The van der Waals surface area contributed by atoms with E-state index in [4.69, 9.17) is 15.7 Å². The molecule has 7 nitrogen and oxygen atoms in total. The molecule has 0 bridgehead atoms. The van der Waals surface area contributed by atoms with E-state index in [0.717, 1.165) is 25.3 Å². The molecule has 1 heterocycles. The van der Waals surface area contributed by atoms with Crippen LogP contribution in [0.15, 0.2) is 11.2 Å². The minimum atomic E-state index is 0.243. The molecule has 0 aromatic carbocycles. The topological polar surface area (TPSA) is 88.9 Å². The van der Waals surface area contributed by atoms with E-state index in [1.807, 2.05) is 11.6 Å². The highest BCUT2D eigenvalue weighted by Gasteiger charge is 2.11. The first-order valence-electron chi connectivity index (χ1n) is 6.81. The summed E-state index contributed by atoms with van der Waals surface area (Å²) in [6, 6.07) is 2.09. The van der Waals surface area contributed by atoms with Gasteiger partial charge >= 0.3 is 0 Å². The Kier molecular flexibility index (Phi) is 7.03. The standard InChI is InChI=1S/C13H25N5O2/c1-4-18-12(9-11(2)15-18)10-17(7-8-20-3)6-5-13(14)16-19/h9,19H,4-8,10H2,1-3H3,(H2,14,16). The Balaban J connectivity index is 2.67. The highest BCUT2D eigenvalue weighted by atomic mass is 16.5. The Morgan fingerprint density at radius 1 is 1.55 bits per heavy atom. The fourth-order valence-corrected chi connectivity index (χ4v) is 2.04. The van der Waals surface area contributed by atoms with E-state index in [0.29, 0.717) is 19.6 Å². The first-order valence-corrected chi connectivity index (χ1v) is 6.81. The van der Waals surface area contributed by atoms with Crippen molar-refractivity contribution < 1.29 is 9.94 Å². The van der Waals surface area contributed by atoms with Gasteiger partial charge in [0, 0.05) is 39.7 Å². The van der Waals surface area contributed by atoms with Crippen molar-refractivity contribution >= 4 is 5.84 Å². The third kappa shape index (κ3) is 5.18. The van der Waals surface area contributed by atoms with E-state index in [9.17, 15) is 0 Å². The summed E-state index contributed by atoms with van der Waals surface area (Å²) in [7, 11) is 1.68. The molecule has 7 heteroatoms. The summed E-state index contributed by atoms with van der Waals surface area (Å²) in [4.78, 5) is 2.21. The van der Waals surface area contributed by atoms with E-state index in [1.165, 1.54) is 5.69 Å². The molecule has 0 atom stereocenters. The Morgan fingerprint density at radius 2 is 2.30 bits per heavy atom. The smallest absolute Gasteiger partial charge is 0.140 e. The molecular weight excluding hydrogens is 258 g/mol. The Hall–Kier alpha value is -1.60. The number of oxime groups is 1. The average Bonchev–Trinajstić information content (AvgIpc) is 2.81. The van der Waals surface area contributed by atoms with E-state index < -0.39 is 0 Å². The van der Waals surface area contributed by atoms with E-state index in [2.05, 4.69) is 28.1 Å². The molecule has 0 aliphatic heterocycles. The zero-order valence-corrected chi connectivity index (χ0v) is 12.5. The maximum atomic E-state index is 8.60. The lowest BCUT2D eigenvalue weighted by atomic mass is 10.3. The summed E-state index contributed by atoms with van der Waals surface area (Å²) < 4.78 is 7.13. The van der Waals surface area contributed by atoms with E-state index in [-0.39, 0.29) is 5.84 Å². The molecule has 114 valence electrons. The van der Waals surface area contributed by atoms with Crippen molar-refractivity contribution in [3.63, 3.8) is 0 Å². The number of ether oxygens (including phenoxy) is 1. The van der Waals surface area contributed by atoms with Gasteiger partial charge in [0.25, 0.3) is 0 Å². The molecule has 0 aliphatic carbocycles. The lowest BCUT2D eigenvalue weighted by Crippen LogP contribution is -2.31. The molecule has 0 radical (unpaired) electrons. The number of hydrogen-bond acceptors (Lipinski definition) is 5. The van der Waals surface area contributed by atoms with E-state index in [1.54, 1.807) is 7.11 Å². The summed E-state index contributed by atoms with van der Waals surface area (Å²) in [5.74, 6) is 0.243. The van der Waals surface area contributed by atoms with Crippen LogP contribution in [-0.4, -0.2) is 52.5 Å². The highest BCUT2D eigenvalue weighted by molar-refractivity contribution is 5.79. The second-order valence-electron chi connectivity index (χ2n) is 4.70. The predicted octanol–water partition coefficient (Wildman–Crippen LogP) is 0.796. The minimum absolute atomic E-state index is 0.243. The zero-order chi connectivity index (χ0) is 15.0. The Labute approximate surface area is 120 Å². The summed E-state index contributed by atoms with van der Waals surface area (Å²) in [6.07, 6.45) is 0.527. The largest absolute Gasteiger partial charge is 0.409 e. The van der Waals surface area contributed by atoms with Crippen molar-refractivity contribution in [3.05, 3.63) is 17.5 Å². The summed E-state index contributed by atoms with van der Waals surface area (Å²) in [5, 5.41) is 16.1. The van der Waals surface area contributed by atoms with Crippen LogP contribution in [0, 0.1) is 6.92 Å². The van der Waals surface area contributed by atoms with Crippen molar-refractivity contribution in [2.75, 3.05) is 26.8 Å². The number of nitrogens with two attached hydrogens (primary N) is 1. The molecule has 1 aromatic heterocycles. The number of rotatable bonds is 9. The van der Waals surface area contributed by atoms with Crippen LogP contribution in [0.3, 0.4) is 0 Å². The van der Waals surface area contributed by atoms with Gasteiger partial charge in [0.15, 0.2) is 0 Å². The Morgan fingerprint density at radius 3 is 2.90 bits per heavy atom. The van der Waals surface area contributed by atoms with Gasteiger partial charge in [-0.05, 0) is 19.9 Å². The van der Waals surface area contributed by atoms with Crippen molar-refractivity contribution in [1.29, 1.82) is 0 Å². The molecule has 0 saturated carbocycles. The highest BCUT2D eigenvalue weighted by Crippen LogP contribution is 2.08. The number of amidine groups is 1. The zero-order valence-electron chi connectivity index (χ0n) is 12.5. The summed E-state index contributed by atoms with van der Waals surface area (Å²) in [5.41, 5.74) is 7.71. The van der Waals surface area contributed by atoms with Gasteiger partial charge in [-0.2, -0.15) is 5.10 Å². The summed E-state index contributed by atoms with van der Waals surface area (Å²) in [6.45, 7) is 7.85. The lowest BCUT2D eigenvalue weighted by molar-refractivity contribution is 0.144. The van der Waals surface area contributed by atoms with Crippen LogP contribution in [-0.2, 0) is 17.8 Å². The number of aryl methyl sites for hydroxylation is 2. The molecule has 20 heavy (non-hydrogen) atoms. The fraction of sp³-hybridized carbons (Fsp3) is 0.692. The quantitative estimate of drug-likeness (QED) is 0.303. The van der Waals surface area contributed by atoms with Gasteiger partial charge in [0.05, 0.1) is 18.0 Å². The van der Waals surface area contributed by atoms with Crippen molar-refractivity contribution in [2.45, 2.75) is 33.4 Å². The second kappa shape index (κ2) is 8.55. The third-order valence-corrected chi connectivity index (χ3v) is 3.09. The SMILES string of the molecule is CCn1nc(C)cc1CN(CCOC)CCC(N)=NO. The van der Waals surface area contributed by atoms with Gasteiger partial charge in [0.2, 0.25) is 0 Å². The molecule has 0 aliphatic rings. The molecule has 0 fully saturated rings. The van der Waals surface area contributed by atoms with Gasteiger partial charge in [-0.1, -0.05) is 5.16 Å². The van der Waals surface area contributed by atoms with Crippen LogP contribution in [0.25, 0.3) is 0 Å². The van der Waals surface area contributed by atoms with Crippen molar-refractivity contribution in [3.8, 4) is 0 Å². The number of hydrogen-bond donors (Lipinski definition) is 2. The van der Waals surface area contributed by atoms with Crippen LogP contribution in [0.4, 0.5) is 0 Å². The lowest BCUT2D eigenvalue weighted by Gasteiger charge is -2.21. The molecule has 0 saturated heterocycles. The first-order chi connectivity index (χ1) is 9.60. The molecule has 1 rings (SSSR count). The molecule has 0 spiro atoms. The number of methoxy groups -OCH3 is 1. The van der Waals surface area contributed by atoms with Crippen LogP contribution in [0.2, 0.25) is 0 Å². The third-order valence-electron chi connectivity index (χ3n) is 3.09. The van der Waals surface area contributed by atoms with Gasteiger partial charge < -0.3 is 15.7 Å². The molecule has 0 unspecified atom stereocenters. The Bertz CT molecular complexity index is 430. The fourth-order valence-electron chi connectivity index (χ4n) is 2.04. The second-order valence-corrected chi connectivity index (χ2v) is 4.70. The molecule has 3 N–H and O–H groups in total. The maximum Gasteiger partial charge on any atom is 0.140 e. The van der Waals surface area contributed by atoms with Crippen molar-refractivity contribution in [1.82, 2.24) is 14.7 Å². The first kappa shape index (κ1) is 16.5. The maximum absolute atomic E-state index is 8.60. The van der Waals surface area contributed by atoms with Crippen molar-refractivity contribution in [2.24, 2.45) is 10.9 Å². The minimum Gasteiger partial charge on any atom is -0.409 e. The van der Waals surface area contributed by atoms with Crippen LogP contribution >= 0.6 is 0 Å². The average molecular weight is 283 g/mol. The van der Waals surface area contributed by atoms with Crippen LogP contribution < -0.4 is 5.73 Å². The number of aromatic nitrogens is 2. The normalized spacial score (nSPS) is 12.3. The molecule has 1 aromatic rings. The van der Waals surface area contributed by atoms with Gasteiger partial charge in [-0.25, -0.2) is 0 Å². The van der Waals surface area contributed by atoms with Gasteiger partial charge in [0.1, 0.15) is 5.84 Å².